The summed E-state index contributed by atoms with van der Waals surface area (Å²) in [6.45, 7) is 4.88. The Labute approximate surface area is 79.7 Å². The number of carbonyl (C=O) groups is 1. The predicted octanol–water partition coefficient (Wildman–Crippen LogP) is 2.17. The summed E-state index contributed by atoms with van der Waals surface area (Å²) in [6.07, 6.45) is 5.81. The maximum atomic E-state index is 11.3. The Kier molecular flexibility index (Phi) is 1.99. The summed E-state index contributed by atoms with van der Waals surface area (Å²) in [5.41, 5.74) is -0.412. The van der Waals surface area contributed by atoms with Gasteiger partial charge >= 0.3 is 0 Å². The van der Waals surface area contributed by atoms with E-state index in [4.69, 9.17) is 4.74 Å². The van der Waals surface area contributed by atoms with Gasteiger partial charge in [-0.2, -0.15) is 0 Å². The number of hydrogen-bond donors (Lipinski definition) is 0. The lowest BCUT2D eigenvalue weighted by Gasteiger charge is -2.45. The van der Waals surface area contributed by atoms with E-state index >= 15 is 0 Å². The highest BCUT2D eigenvalue weighted by Crippen LogP contribution is 2.53. The van der Waals surface area contributed by atoms with Gasteiger partial charge in [-0.3, -0.25) is 0 Å². The van der Waals surface area contributed by atoms with Crippen LogP contribution in [0.5, 0.6) is 0 Å². The number of ether oxygens (including phenoxy) is 1. The molecule has 1 aliphatic heterocycles. The second kappa shape index (κ2) is 2.81. The van der Waals surface area contributed by atoms with Crippen molar-refractivity contribution in [2.24, 2.45) is 11.3 Å². The third-order valence-corrected chi connectivity index (χ3v) is 4.14. The average molecular weight is 182 g/mol. The maximum Gasteiger partial charge on any atom is 0.129 e. The predicted molar refractivity (Wildman–Crippen MR) is 50.5 cm³/mol. The molecule has 0 radical (unpaired) electrons. The summed E-state index contributed by atoms with van der Waals surface area (Å²) in [6, 6.07) is 0. The normalized spacial score (nSPS) is 38.6. The minimum Gasteiger partial charge on any atom is -0.374 e. The van der Waals surface area contributed by atoms with Crippen molar-refractivity contribution in [3.63, 3.8) is 0 Å². The molecular formula is C11H18O2. The molecule has 2 rings (SSSR count). The van der Waals surface area contributed by atoms with Gasteiger partial charge in [0, 0.05) is 6.61 Å². The molecule has 0 bridgehead atoms. The number of aldehydes is 1. The molecule has 2 heteroatoms. The Morgan fingerprint density at radius 1 is 1.38 bits per heavy atom. The van der Waals surface area contributed by atoms with E-state index in [1.807, 2.05) is 0 Å². The largest absolute Gasteiger partial charge is 0.374 e. The molecule has 2 nitrogen and oxygen atoms in total. The van der Waals surface area contributed by atoms with Crippen LogP contribution in [0.15, 0.2) is 0 Å². The summed E-state index contributed by atoms with van der Waals surface area (Å²) in [4.78, 5) is 11.3. The van der Waals surface area contributed by atoms with Crippen LogP contribution in [0.25, 0.3) is 0 Å². The van der Waals surface area contributed by atoms with Gasteiger partial charge in [0.1, 0.15) is 6.29 Å². The second-order valence-electron chi connectivity index (χ2n) is 4.89. The Bertz CT molecular complexity index is 218. The molecule has 0 aromatic heterocycles. The molecule has 0 spiro atoms. The molecule has 1 aliphatic carbocycles. The lowest BCUT2D eigenvalue weighted by molar-refractivity contribution is -0.135. The van der Waals surface area contributed by atoms with E-state index in [2.05, 4.69) is 13.8 Å². The molecular weight excluding hydrogens is 164 g/mol. The van der Waals surface area contributed by atoms with Gasteiger partial charge in [-0.1, -0.05) is 6.42 Å². The number of carbonyl (C=O) groups excluding carboxylic acids is 1. The van der Waals surface area contributed by atoms with E-state index in [-0.39, 0.29) is 11.0 Å². The highest BCUT2D eigenvalue weighted by molar-refractivity contribution is 5.63. The molecule has 1 atom stereocenters. The van der Waals surface area contributed by atoms with Gasteiger partial charge in [0.05, 0.1) is 11.0 Å². The molecule has 0 aromatic rings. The Hall–Kier alpha value is -0.370. The van der Waals surface area contributed by atoms with Crippen LogP contribution in [0.4, 0.5) is 0 Å². The van der Waals surface area contributed by atoms with Gasteiger partial charge in [0.15, 0.2) is 0 Å². The zero-order chi connectivity index (χ0) is 9.53. The van der Waals surface area contributed by atoms with E-state index in [0.29, 0.717) is 5.92 Å². The Morgan fingerprint density at radius 3 is 2.38 bits per heavy atom. The molecule has 1 unspecified atom stereocenters. The summed E-state index contributed by atoms with van der Waals surface area (Å²) < 4.78 is 5.67. The molecule has 1 saturated carbocycles. The van der Waals surface area contributed by atoms with Crippen LogP contribution in [-0.4, -0.2) is 18.5 Å². The van der Waals surface area contributed by atoms with E-state index in [0.717, 1.165) is 13.0 Å². The zero-order valence-corrected chi connectivity index (χ0v) is 8.51. The highest BCUT2D eigenvalue weighted by Gasteiger charge is 2.56. The van der Waals surface area contributed by atoms with Gasteiger partial charge in [-0.05, 0) is 39.0 Å². The molecule has 0 amide bonds. The Morgan fingerprint density at radius 2 is 2.08 bits per heavy atom. The molecule has 2 fully saturated rings. The van der Waals surface area contributed by atoms with Crippen LogP contribution < -0.4 is 0 Å². The number of hydrogen-bond acceptors (Lipinski definition) is 2. The zero-order valence-electron chi connectivity index (χ0n) is 8.51. The number of rotatable bonds is 2. The first-order chi connectivity index (χ1) is 6.12. The molecule has 2 aliphatic rings. The highest BCUT2D eigenvalue weighted by atomic mass is 16.5. The topological polar surface area (TPSA) is 26.3 Å². The fraction of sp³-hybridized carbons (Fsp3) is 0.909. The van der Waals surface area contributed by atoms with Crippen molar-refractivity contribution in [1.82, 2.24) is 0 Å². The third-order valence-electron chi connectivity index (χ3n) is 4.14. The van der Waals surface area contributed by atoms with Crippen molar-refractivity contribution in [3.8, 4) is 0 Å². The molecule has 0 aromatic carbocycles. The van der Waals surface area contributed by atoms with Gasteiger partial charge in [0.2, 0.25) is 0 Å². The smallest absolute Gasteiger partial charge is 0.129 e. The van der Waals surface area contributed by atoms with E-state index in [9.17, 15) is 4.79 Å². The first-order valence-electron chi connectivity index (χ1n) is 5.23. The molecule has 0 N–H and O–H groups in total. The van der Waals surface area contributed by atoms with Crippen molar-refractivity contribution in [2.75, 3.05) is 6.61 Å². The third kappa shape index (κ3) is 1.08. The van der Waals surface area contributed by atoms with Crippen LogP contribution >= 0.6 is 0 Å². The summed E-state index contributed by atoms with van der Waals surface area (Å²) >= 11 is 0. The average Bonchev–Trinajstić information content (AvgIpc) is 2.24. The quantitative estimate of drug-likeness (QED) is 0.612. The van der Waals surface area contributed by atoms with Crippen molar-refractivity contribution in [2.45, 2.75) is 45.1 Å². The van der Waals surface area contributed by atoms with Crippen LogP contribution in [0.3, 0.4) is 0 Å². The van der Waals surface area contributed by atoms with Crippen molar-refractivity contribution >= 4 is 6.29 Å². The van der Waals surface area contributed by atoms with E-state index in [1.165, 1.54) is 25.5 Å². The SMILES string of the molecule is CC1(C)OCCC1(C=O)C1CCC1. The fourth-order valence-electron chi connectivity index (χ4n) is 2.83. The first-order valence-corrected chi connectivity index (χ1v) is 5.23. The minimum atomic E-state index is -0.236. The van der Waals surface area contributed by atoms with Crippen LogP contribution in [0.2, 0.25) is 0 Å². The van der Waals surface area contributed by atoms with Gasteiger partial charge in [0.25, 0.3) is 0 Å². The van der Waals surface area contributed by atoms with Gasteiger partial charge in [-0.25, -0.2) is 0 Å². The Balaban J connectivity index is 2.27. The minimum absolute atomic E-state index is 0.175. The summed E-state index contributed by atoms with van der Waals surface area (Å²) in [5.74, 6) is 0.586. The fourth-order valence-corrected chi connectivity index (χ4v) is 2.83. The van der Waals surface area contributed by atoms with Gasteiger partial charge < -0.3 is 9.53 Å². The molecule has 1 saturated heterocycles. The van der Waals surface area contributed by atoms with Crippen LogP contribution in [0.1, 0.15) is 39.5 Å². The summed E-state index contributed by atoms with van der Waals surface area (Å²) in [5, 5.41) is 0. The second-order valence-corrected chi connectivity index (χ2v) is 4.89. The van der Waals surface area contributed by atoms with Crippen molar-refractivity contribution < 1.29 is 9.53 Å². The van der Waals surface area contributed by atoms with Crippen LogP contribution in [0, 0.1) is 11.3 Å². The molecule has 74 valence electrons. The first kappa shape index (κ1) is 9.20. The molecule has 13 heavy (non-hydrogen) atoms. The van der Waals surface area contributed by atoms with E-state index < -0.39 is 0 Å². The molecule has 1 heterocycles. The van der Waals surface area contributed by atoms with Crippen molar-refractivity contribution in [3.05, 3.63) is 0 Å². The lowest BCUT2D eigenvalue weighted by atomic mass is 9.59. The van der Waals surface area contributed by atoms with Crippen molar-refractivity contribution in [1.29, 1.82) is 0 Å². The maximum absolute atomic E-state index is 11.3. The summed E-state index contributed by atoms with van der Waals surface area (Å²) in [7, 11) is 0. The van der Waals surface area contributed by atoms with E-state index in [1.54, 1.807) is 0 Å². The van der Waals surface area contributed by atoms with Crippen LogP contribution in [-0.2, 0) is 9.53 Å². The van der Waals surface area contributed by atoms with Gasteiger partial charge in [-0.15, -0.1) is 0 Å². The standard InChI is InChI=1S/C11H18O2/c1-10(2)11(8-12,6-7-13-10)9-4-3-5-9/h8-9H,3-7H2,1-2H3. The lowest BCUT2D eigenvalue weighted by Crippen LogP contribution is -2.49. The monoisotopic (exact) mass is 182 g/mol.